The molecule has 1 atom stereocenters. The lowest BCUT2D eigenvalue weighted by molar-refractivity contribution is 0.174. The standard InChI is InChI=1S/C15H15ClFNO/c16-13-5-3-12(4-6-13)15(19)10-18-9-11-1-7-14(17)8-2-11/h1-8,15,18-19H,9-10H2. The van der Waals surface area contributed by atoms with Crippen molar-refractivity contribution in [2.24, 2.45) is 0 Å². The van der Waals surface area contributed by atoms with Crippen LogP contribution < -0.4 is 5.32 Å². The van der Waals surface area contributed by atoms with E-state index in [1.54, 1.807) is 36.4 Å². The number of nitrogens with one attached hydrogen (secondary N) is 1. The number of aliphatic hydroxyl groups excluding tert-OH is 1. The van der Waals surface area contributed by atoms with Crippen LogP contribution in [-0.4, -0.2) is 11.7 Å². The van der Waals surface area contributed by atoms with Gasteiger partial charge in [0.2, 0.25) is 0 Å². The van der Waals surface area contributed by atoms with Crippen molar-refractivity contribution in [1.82, 2.24) is 5.32 Å². The topological polar surface area (TPSA) is 32.3 Å². The molecule has 0 saturated heterocycles. The molecule has 0 fully saturated rings. The predicted octanol–water partition coefficient (Wildman–Crippen LogP) is 3.30. The van der Waals surface area contributed by atoms with Crippen LogP contribution in [0.25, 0.3) is 0 Å². The van der Waals surface area contributed by atoms with E-state index in [2.05, 4.69) is 5.32 Å². The van der Waals surface area contributed by atoms with Crippen molar-refractivity contribution in [1.29, 1.82) is 0 Å². The summed E-state index contributed by atoms with van der Waals surface area (Å²) in [5.74, 6) is -0.245. The van der Waals surface area contributed by atoms with Crippen molar-refractivity contribution < 1.29 is 9.50 Å². The van der Waals surface area contributed by atoms with E-state index < -0.39 is 6.10 Å². The van der Waals surface area contributed by atoms with Crippen molar-refractivity contribution in [3.05, 3.63) is 70.5 Å². The molecule has 4 heteroatoms. The fraction of sp³-hybridized carbons (Fsp3) is 0.200. The minimum absolute atomic E-state index is 0.245. The zero-order valence-corrected chi connectivity index (χ0v) is 11.1. The molecule has 19 heavy (non-hydrogen) atoms. The second kappa shape index (κ2) is 6.66. The van der Waals surface area contributed by atoms with Gasteiger partial charge in [0.05, 0.1) is 6.10 Å². The van der Waals surface area contributed by atoms with Crippen molar-refractivity contribution in [3.63, 3.8) is 0 Å². The van der Waals surface area contributed by atoms with E-state index in [-0.39, 0.29) is 5.82 Å². The third-order valence-electron chi connectivity index (χ3n) is 2.83. The SMILES string of the molecule is OC(CNCc1ccc(F)cc1)c1ccc(Cl)cc1. The molecule has 1 unspecified atom stereocenters. The first-order valence-electron chi connectivity index (χ1n) is 6.04. The summed E-state index contributed by atoms with van der Waals surface area (Å²) in [4.78, 5) is 0. The Hall–Kier alpha value is -1.42. The van der Waals surface area contributed by atoms with Gasteiger partial charge in [-0.15, -0.1) is 0 Å². The monoisotopic (exact) mass is 279 g/mol. The van der Waals surface area contributed by atoms with Crippen molar-refractivity contribution >= 4 is 11.6 Å². The summed E-state index contributed by atoms with van der Waals surface area (Å²) in [7, 11) is 0. The molecule has 0 saturated carbocycles. The Morgan fingerprint density at radius 2 is 1.68 bits per heavy atom. The lowest BCUT2D eigenvalue weighted by Gasteiger charge is -2.12. The fourth-order valence-corrected chi connectivity index (χ4v) is 1.88. The maximum Gasteiger partial charge on any atom is 0.123 e. The molecule has 0 aromatic heterocycles. The predicted molar refractivity (Wildman–Crippen MR) is 74.5 cm³/mol. The van der Waals surface area contributed by atoms with Crippen LogP contribution in [0.3, 0.4) is 0 Å². The molecule has 0 aliphatic heterocycles. The van der Waals surface area contributed by atoms with Crippen LogP contribution in [0.2, 0.25) is 5.02 Å². The maximum atomic E-state index is 12.7. The Morgan fingerprint density at radius 3 is 2.32 bits per heavy atom. The first-order chi connectivity index (χ1) is 9.15. The molecule has 0 spiro atoms. The van der Waals surface area contributed by atoms with Gasteiger partial charge in [-0.05, 0) is 35.4 Å². The molecule has 2 rings (SSSR count). The lowest BCUT2D eigenvalue weighted by atomic mass is 10.1. The molecule has 2 aromatic rings. The second-order valence-corrected chi connectivity index (χ2v) is 4.76. The van der Waals surface area contributed by atoms with Crippen molar-refractivity contribution in [2.75, 3.05) is 6.54 Å². The maximum absolute atomic E-state index is 12.7. The molecule has 0 aliphatic carbocycles. The minimum atomic E-state index is -0.585. The van der Waals surface area contributed by atoms with Gasteiger partial charge in [-0.1, -0.05) is 35.9 Å². The van der Waals surface area contributed by atoms with E-state index in [0.29, 0.717) is 18.1 Å². The van der Waals surface area contributed by atoms with Gasteiger partial charge in [-0.25, -0.2) is 4.39 Å². The third kappa shape index (κ3) is 4.31. The van der Waals surface area contributed by atoms with Gasteiger partial charge in [-0.2, -0.15) is 0 Å². The summed E-state index contributed by atoms with van der Waals surface area (Å²) in [6, 6.07) is 13.4. The lowest BCUT2D eigenvalue weighted by Crippen LogP contribution is -2.21. The zero-order valence-electron chi connectivity index (χ0n) is 10.3. The van der Waals surface area contributed by atoms with Crippen LogP contribution >= 0.6 is 11.6 Å². The van der Waals surface area contributed by atoms with Crippen LogP contribution in [-0.2, 0) is 6.54 Å². The number of halogens is 2. The Kier molecular flexibility index (Phi) is 4.91. The third-order valence-corrected chi connectivity index (χ3v) is 3.09. The normalized spacial score (nSPS) is 12.4. The van der Waals surface area contributed by atoms with Gasteiger partial charge in [0.1, 0.15) is 5.82 Å². The van der Waals surface area contributed by atoms with Crippen LogP contribution in [0, 0.1) is 5.82 Å². The molecule has 0 bridgehead atoms. The number of rotatable bonds is 5. The van der Waals surface area contributed by atoms with E-state index >= 15 is 0 Å². The summed E-state index contributed by atoms with van der Waals surface area (Å²) in [5.41, 5.74) is 1.79. The summed E-state index contributed by atoms with van der Waals surface area (Å²) < 4.78 is 12.7. The second-order valence-electron chi connectivity index (χ2n) is 4.32. The van der Waals surface area contributed by atoms with Crippen molar-refractivity contribution in [3.8, 4) is 0 Å². The summed E-state index contributed by atoms with van der Waals surface area (Å²) in [5, 5.41) is 13.7. The minimum Gasteiger partial charge on any atom is -0.387 e. The van der Waals surface area contributed by atoms with Crippen molar-refractivity contribution in [2.45, 2.75) is 12.6 Å². The van der Waals surface area contributed by atoms with Crippen LogP contribution in [0.15, 0.2) is 48.5 Å². The summed E-state index contributed by atoms with van der Waals surface area (Å²) in [6.45, 7) is 1.02. The Bertz CT molecular complexity index is 513. The number of aliphatic hydroxyl groups is 1. The molecule has 2 nitrogen and oxygen atoms in total. The largest absolute Gasteiger partial charge is 0.387 e. The number of hydrogen-bond donors (Lipinski definition) is 2. The van der Waals surface area contributed by atoms with E-state index in [1.165, 1.54) is 12.1 Å². The number of benzene rings is 2. The highest BCUT2D eigenvalue weighted by Gasteiger charge is 2.06. The molecule has 0 radical (unpaired) electrons. The average Bonchev–Trinajstić information content (AvgIpc) is 2.41. The quantitative estimate of drug-likeness (QED) is 0.880. The Morgan fingerprint density at radius 1 is 1.05 bits per heavy atom. The zero-order chi connectivity index (χ0) is 13.7. The molecule has 2 N–H and O–H groups in total. The molecule has 0 amide bonds. The van der Waals surface area contributed by atoms with E-state index in [4.69, 9.17) is 11.6 Å². The van der Waals surface area contributed by atoms with E-state index in [0.717, 1.165) is 11.1 Å². The number of hydrogen-bond acceptors (Lipinski definition) is 2. The van der Waals surface area contributed by atoms with Crippen LogP contribution in [0.1, 0.15) is 17.2 Å². The molecular weight excluding hydrogens is 265 g/mol. The van der Waals surface area contributed by atoms with Crippen LogP contribution in [0.4, 0.5) is 4.39 Å². The van der Waals surface area contributed by atoms with E-state index in [1.807, 2.05) is 0 Å². The molecular formula is C15H15ClFNO. The Balaban J connectivity index is 1.82. The summed E-state index contributed by atoms with van der Waals surface area (Å²) >= 11 is 5.79. The van der Waals surface area contributed by atoms with Gasteiger partial charge in [-0.3, -0.25) is 0 Å². The molecule has 0 aliphatic rings. The van der Waals surface area contributed by atoms with Gasteiger partial charge >= 0.3 is 0 Å². The highest BCUT2D eigenvalue weighted by Crippen LogP contribution is 2.15. The first kappa shape index (κ1) is 14.0. The first-order valence-corrected chi connectivity index (χ1v) is 6.41. The van der Waals surface area contributed by atoms with Gasteiger partial charge in [0, 0.05) is 18.1 Å². The Labute approximate surface area is 116 Å². The summed E-state index contributed by atoms with van der Waals surface area (Å²) in [6.07, 6.45) is -0.585. The van der Waals surface area contributed by atoms with Crippen LogP contribution in [0.5, 0.6) is 0 Å². The molecule has 0 heterocycles. The molecule has 2 aromatic carbocycles. The van der Waals surface area contributed by atoms with E-state index in [9.17, 15) is 9.50 Å². The molecule has 100 valence electrons. The highest BCUT2D eigenvalue weighted by molar-refractivity contribution is 6.30. The highest BCUT2D eigenvalue weighted by atomic mass is 35.5. The van der Waals surface area contributed by atoms with Gasteiger partial charge in [0.15, 0.2) is 0 Å². The van der Waals surface area contributed by atoms with Gasteiger partial charge < -0.3 is 10.4 Å². The van der Waals surface area contributed by atoms with Gasteiger partial charge in [0.25, 0.3) is 0 Å². The average molecular weight is 280 g/mol. The smallest absolute Gasteiger partial charge is 0.123 e. The fourth-order valence-electron chi connectivity index (χ4n) is 1.76.